The molecule has 1 atom stereocenters. The first-order chi connectivity index (χ1) is 6.37. The van der Waals surface area contributed by atoms with E-state index in [2.05, 4.69) is 13.8 Å². The fraction of sp³-hybridized carbons (Fsp3) is 0.556. The molecule has 1 aliphatic carbocycles. The maximum Gasteiger partial charge on any atom is 0.324 e. The summed E-state index contributed by atoms with van der Waals surface area (Å²) in [6.45, 7) is 4.16. The first kappa shape index (κ1) is 9.61. The van der Waals surface area contributed by atoms with Crippen LogP contribution in [0.25, 0.3) is 0 Å². The lowest BCUT2D eigenvalue weighted by Gasteiger charge is -2.11. The van der Waals surface area contributed by atoms with Crippen LogP contribution in [-0.4, -0.2) is 4.92 Å². The van der Waals surface area contributed by atoms with Gasteiger partial charge in [0.25, 0.3) is 0 Å². The van der Waals surface area contributed by atoms with Crippen molar-refractivity contribution in [2.24, 2.45) is 11.1 Å². The molecule has 1 aromatic rings. The SMILES string of the molecule is CC1(C)CC1(N)c1ccc([N+](=O)[O-])s1. The Labute approximate surface area is 85.9 Å². The topological polar surface area (TPSA) is 69.2 Å². The number of hydrogen-bond donors (Lipinski definition) is 1. The minimum Gasteiger partial charge on any atom is -0.320 e. The van der Waals surface area contributed by atoms with Gasteiger partial charge in [0, 0.05) is 10.9 Å². The van der Waals surface area contributed by atoms with Crippen LogP contribution in [0.2, 0.25) is 0 Å². The van der Waals surface area contributed by atoms with Crippen LogP contribution in [0.5, 0.6) is 0 Å². The second kappa shape index (κ2) is 2.55. The Hall–Kier alpha value is -0.940. The molecule has 1 saturated carbocycles. The van der Waals surface area contributed by atoms with Crippen molar-refractivity contribution >= 4 is 16.3 Å². The summed E-state index contributed by atoms with van der Waals surface area (Å²) in [5.41, 5.74) is 5.88. The van der Waals surface area contributed by atoms with Crippen LogP contribution in [0.15, 0.2) is 12.1 Å². The van der Waals surface area contributed by atoms with Gasteiger partial charge < -0.3 is 5.73 Å². The Morgan fingerprint density at radius 1 is 1.57 bits per heavy atom. The zero-order valence-corrected chi connectivity index (χ0v) is 8.93. The van der Waals surface area contributed by atoms with Crippen LogP contribution in [0.1, 0.15) is 25.1 Å². The lowest BCUT2D eigenvalue weighted by Crippen LogP contribution is -2.23. The van der Waals surface area contributed by atoms with Crippen molar-refractivity contribution in [2.45, 2.75) is 25.8 Å². The highest BCUT2D eigenvalue weighted by Gasteiger charge is 2.60. The van der Waals surface area contributed by atoms with Gasteiger partial charge in [-0.2, -0.15) is 0 Å². The predicted molar refractivity (Wildman–Crippen MR) is 55.2 cm³/mol. The van der Waals surface area contributed by atoms with Crippen molar-refractivity contribution < 1.29 is 4.92 Å². The van der Waals surface area contributed by atoms with Crippen molar-refractivity contribution in [3.05, 3.63) is 27.1 Å². The highest BCUT2D eigenvalue weighted by atomic mass is 32.1. The van der Waals surface area contributed by atoms with Gasteiger partial charge in [0.2, 0.25) is 0 Å². The summed E-state index contributed by atoms with van der Waals surface area (Å²) < 4.78 is 0. The molecule has 76 valence electrons. The lowest BCUT2D eigenvalue weighted by molar-refractivity contribution is -0.380. The van der Waals surface area contributed by atoms with Gasteiger partial charge in [0.1, 0.15) is 0 Å². The highest BCUT2D eigenvalue weighted by molar-refractivity contribution is 7.15. The number of nitro groups is 1. The van der Waals surface area contributed by atoms with Gasteiger partial charge in [-0.05, 0) is 17.9 Å². The fourth-order valence-electron chi connectivity index (χ4n) is 1.74. The van der Waals surface area contributed by atoms with Crippen LogP contribution < -0.4 is 5.73 Å². The maximum atomic E-state index is 10.5. The molecular formula is C9H12N2O2S. The van der Waals surface area contributed by atoms with Gasteiger partial charge in [0.15, 0.2) is 0 Å². The molecule has 0 spiro atoms. The molecule has 5 heteroatoms. The first-order valence-corrected chi connectivity index (χ1v) is 5.22. The average Bonchev–Trinajstić information content (AvgIpc) is 2.53. The van der Waals surface area contributed by atoms with E-state index in [4.69, 9.17) is 5.73 Å². The quantitative estimate of drug-likeness (QED) is 0.603. The molecule has 1 heterocycles. The van der Waals surface area contributed by atoms with Crippen LogP contribution in [0.3, 0.4) is 0 Å². The zero-order valence-electron chi connectivity index (χ0n) is 8.11. The molecule has 0 aromatic carbocycles. The Kier molecular flexibility index (Phi) is 1.75. The summed E-state index contributed by atoms with van der Waals surface area (Å²) in [6.07, 6.45) is 0.900. The number of rotatable bonds is 2. The molecule has 0 saturated heterocycles. The predicted octanol–water partition coefficient (Wildman–Crippen LogP) is 2.24. The molecule has 0 aliphatic heterocycles. The summed E-state index contributed by atoms with van der Waals surface area (Å²) in [6, 6.07) is 3.31. The molecule has 1 fully saturated rings. The van der Waals surface area contributed by atoms with E-state index >= 15 is 0 Å². The minimum absolute atomic E-state index is 0.0751. The molecule has 1 aromatic heterocycles. The third-order valence-electron chi connectivity index (χ3n) is 3.01. The summed E-state index contributed by atoms with van der Waals surface area (Å²) in [5.74, 6) is 0. The van der Waals surface area contributed by atoms with Gasteiger partial charge in [-0.1, -0.05) is 25.2 Å². The molecule has 2 N–H and O–H groups in total. The van der Waals surface area contributed by atoms with Crippen molar-refractivity contribution in [3.63, 3.8) is 0 Å². The van der Waals surface area contributed by atoms with Gasteiger partial charge in [-0.15, -0.1) is 0 Å². The Morgan fingerprint density at radius 3 is 2.50 bits per heavy atom. The number of nitrogens with zero attached hydrogens (tertiary/aromatic N) is 1. The molecule has 14 heavy (non-hydrogen) atoms. The van der Waals surface area contributed by atoms with E-state index < -0.39 is 0 Å². The molecule has 1 aliphatic rings. The summed E-state index contributed by atoms with van der Waals surface area (Å²) >= 11 is 1.19. The number of nitrogens with two attached hydrogens (primary N) is 1. The van der Waals surface area contributed by atoms with Gasteiger partial charge in [-0.25, -0.2) is 0 Å². The monoisotopic (exact) mass is 212 g/mol. The smallest absolute Gasteiger partial charge is 0.320 e. The van der Waals surface area contributed by atoms with E-state index in [-0.39, 0.29) is 20.9 Å². The van der Waals surface area contributed by atoms with Crippen LogP contribution in [-0.2, 0) is 5.54 Å². The standard InChI is InChI=1S/C9H12N2O2S/c1-8(2)5-9(8,10)6-3-4-7(14-6)11(12)13/h3-4H,5,10H2,1-2H3. The largest absolute Gasteiger partial charge is 0.324 e. The van der Waals surface area contributed by atoms with Crippen LogP contribution in [0.4, 0.5) is 5.00 Å². The Balaban J connectivity index is 2.32. The summed E-state index contributed by atoms with van der Waals surface area (Å²) in [4.78, 5) is 11.1. The van der Waals surface area contributed by atoms with Crippen molar-refractivity contribution in [1.29, 1.82) is 0 Å². The van der Waals surface area contributed by atoms with Crippen molar-refractivity contribution in [2.75, 3.05) is 0 Å². The second-order valence-electron chi connectivity index (χ2n) is 4.43. The van der Waals surface area contributed by atoms with E-state index in [0.29, 0.717) is 0 Å². The molecule has 0 amide bonds. The highest BCUT2D eigenvalue weighted by Crippen LogP contribution is 2.61. The molecule has 2 rings (SSSR count). The first-order valence-electron chi connectivity index (χ1n) is 4.40. The van der Waals surface area contributed by atoms with Crippen molar-refractivity contribution in [1.82, 2.24) is 0 Å². The maximum absolute atomic E-state index is 10.5. The minimum atomic E-state index is -0.368. The van der Waals surface area contributed by atoms with E-state index in [1.165, 1.54) is 17.4 Å². The second-order valence-corrected chi connectivity index (χ2v) is 5.49. The third kappa shape index (κ3) is 1.16. The summed E-state index contributed by atoms with van der Waals surface area (Å²) in [7, 11) is 0. The van der Waals surface area contributed by atoms with Crippen LogP contribution >= 0.6 is 11.3 Å². The molecule has 1 unspecified atom stereocenters. The third-order valence-corrected chi connectivity index (χ3v) is 4.23. The molecule has 0 bridgehead atoms. The Morgan fingerprint density at radius 2 is 2.14 bits per heavy atom. The molecule has 0 radical (unpaired) electrons. The average molecular weight is 212 g/mol. The van der Waals surface area contributed by atoms with Crippen molar-refractivity contribution in [3.8, 4) is 0 Å². The molecule has 4 nitrogen and oxygen atoms in total. The molecular weight excluding hydrogens is 200 g/mol. The summed E-state index contributed by atoms with van der Waals surface area (Å²) in [5, 5.41) is 10.7. The van der Waals surface area contributed by atoms with E-state index in [1.54, 1.807) is 6.07 Å². The normalized spacial score (nSPS) is 28.8. The van der Waals surface area contributed by atoms with Gasteiger partial charge in [-0.3, -0.25) is 10.1 Å². The van der Waals surface area contributed by atoms with Gasteiger partial charge >= 0.3 is 5.00 Å². The lowest BCUT2D eigenvalue weighted by atomic mass is 10.0. The zero-order chi connectivity index (χ0) is 10.6. The fourth-order valence-corrected chi connectivity index (χ4v) is 2.84. The van der Waals surface area contributed by atoms with E-state index in [0.717, 1.165) is 11.3 Å². The Bertz CT molecular complexity index is 399. The van der Waals surface area contributed by atoms with Crippen LogP contribution in [0, 0.1) is 15.5 Å². The number of thiophene rings is 1. The van der Waals surface area contributed by atoms with E-state index in [9.17, 15) is 10.1 Å². The van der Waals surface area contributed by atoms with Gasteiger partial charge in [0.05, 0.1) is 10.5 Å². The number of hydrogen-bond acceptors (Lipinski definition) is 4. The van der Waals surface area contributed by atoms with E-state index in [1.807, 2.05) is 0 Å².